The molecule has 0 aliphatic rings. The summed E-state index contributed by atoms with van der Waals surface area (Å²) in [5.41, 5.74) is 5.35. The van der Waals surface area contributed by atoms with Gasteiger partial charge in [0.2, 0.25) is 0 Å². The summed E-state index contributed by atoms with van der Waals surface area (Å²) in [4.78, 5) is 22.2. The first-order chi connectivity index (χ1) is 25.8. The molecule has 0 aromatic rings. The molecule has 0 amide bonds. The van der Waals surface area contributed by atoms with Crippen molar-refractivity contribution in [3.05, 3.63) is 73.1 Å². The minimum Gasteiger partial charge on any atom is -0.492 e. The monoisotopic (exact) mass is 766 g/mol. The molecule has 0 fully saturated rings. The SMILES string of the molecule is CCCCC/C=C\C/C=C\CC(O)/C=C\C=C\CCCC(=O)OC[C@H](COP(=O)(O)OCCN)O/C=C/CCCCCC/C=C\CCCCCCCC. The van der Waals surface area contributed by atoms with Gasteiger partial charge in [0.1, 0.15) is 6.61 Å². The lowest BCUT2D eigenvalue weighted by Crippen LogP contribution is -2.25. The van der Waals surface area contributed by atoms with E-state index in [4.69, 9.17) is 24.3 Å². The molecule has 0 aromatic carbocycles. The maximum atomic E-state index is 12.4. The summed E-state index contributed by atoms with van der Waals surface area (Å²) in [5, 5.41) is 10.1. The number of carbonyl (C=O) groups excluding carboxylic acids is 1. The number of phosphoric ester groups is 1. The standard InChI is InChI=1S/C43H76NO8P/c1-3-5-7-9-11-13-14-15-16-17-18-19-21-23-28-32-37-49-42(40-52-53(47,48)51-38-36-44)39-50-43(46)35-31-27-24-26-30-34-41(45)33-29-25-22-20-12-10-8-6-4-2/h12,15-16,20,24-26,29-30,32,34,37,41-42,45H,3-11,13-14,17-19,21-23,27-28,31,33,35-36,38-40,44H2,1-2H3,(H,47,48)/b16-15-,20-12-,26-24+,29-25-,34-30-,37-32+/t41?,42-/m1/s1. The van der Waals surface area contributed by atoms with Crippen LogP contribution >= 0.6 is 7.82 Å². The van der Waals surface area contributed by atoms with E-state index < -0.39 is 26.0 Å². The molecule has 0 radical (unpaired) electrons. The molecule has 0 saturated heterocycles. The summed E-state index contributed by atoms with van der Waals surface area (Å²) in [6, 6.07) is 0. The largest absolute Gasteiger partial charge is 0.492 e. The summed E-state index contributed by atoms with van der Waals surface area (Å²) in [7, 11) is -4.30. The Labute approximate surface area is 323 Å². The number of phosphoric acid groups is 1. The van der Waals surface area contributed by atoms with Crippen LogP contribution in [0.15, 0.2) is 73.1 Å². The Kier molecular flexibility index (Phi) is 37.8. The van der Waals surface area contributed by atoms with Gasteiger partial charge in [-0.15, -0.1) is 0 Å². The van der Waals surface area contributed by atoms with Gasteiger partial charge in [-0.05, 0) is 83.1 Å². The van der Waals surface area contributed by atoms with Crippen molar-refractivity contribution >= 4 is 13.8 Å². The lowest BCUT2D eigenvalue weighted by atomic mass is 10.1. The van der Waals surface area contributed by atoms with E-state index in [-0.39, 0.29) is 32.8 Å². The topological polar surface area (TPSA) is 138 Å². The molecule has 0 heterocycles. The molecule has 53 heavy (non-hydrogen) atoms. The smallest absolute Gasteiger partial charge is 0.472 e. The summed E-state index contributed by atoms with van der Waals surface area (Å²) in [5.74, 6) is -0.395. The van der Waals surface area contributed by atoms with Gasteiger partial charge >= 0.3 is 13.8 Å². The first-order valence-corrected chi connectivity index (χ1v) is 22.1. The van der Waals surface area contributed by atoms with E-state index in [1.165, 1.54) is 83.3 Å². The molecule has 9 nitrogen and oxygen atoms in total. The van der Waals surface area contributed by atoms with Gasteiger partial charge in [-0.1, -0.05) is 132 Å². The van der Waals surface area contributed by atoms with Crippen LogP contribution in [-0.4, -0.2) is 54.5 Å². The third-order valence-electron chi connectivity index (χ3n) is 8.27. The molecule has 0 spiro atoms. The first kappa shape index (κ1) is 50.7. The normalized spacial score (nSPS) is 14.8. The molecule has 2 unspecified atom stereocenters. The molecule has 4 N–H and O–H groups in total. The van der Waals surface area contributed by atoms with Crippen LogP contribution in [-0.2, 0) is 27.9 Å². The zero-order valence-electron chi connectivity index (χ0n) is 33.3. The van der Waals surface area contributed by atoms with Gasteiger partial charge in [-0.25, -0.2) is 4.57 Å². The molecule has 0 aliphatic heterocycles. The highest BCUT2D eigenvalue weighted by Crippen LogP contribution is 2.43. The van der Waals surface area contributed by atoms with Crippen molar-refractivity contribution in [1.29, 1.82) is 0 Å². The summed E-state index contributed by atoms with van der Waals surface area (Å²) in [6.45, 7) is 3.98. The van der Waals surface area contributed by atoms with Crippen molar-refractivity contribution in [2.45, 2.75) is 167 Å². The molecule has 0 aromatic heterocycles. The van der Waals surface area contributed by atoms with Crippen molar-refractivity contribution in [3.8, 4) is 0 Å². The highest BCUT2D eigenvalue weighted by Gasteiger charge is 2.24. The van der Waals surface area contributed by atoms with Crippen LogP contribution in [0, 0.1) is 0 Å². The van der Waals surface area contributed by atoms with Gasteiger partial charge in [-0.2, -0.15) is 0 Å². The number of esters is 1. The molecule has 0 saturated carbocycles. The number of allylic oxidation sites excluding steroid dienone is 9. The van der Waals surface area contributed by atoms with Crippen molar-refractivity contribution in [1.82, 2.24) is 0 Å². The number of carbonyl (C=O) groups is 1. The summed E-state index contributed by atoms with van der Waals surface area (Å²) < 4.78 is 33.0. The summed E-state index contributed by atoms with van der Waals surface area (Å²) >= 11 is 0. The van der Waals surface area contributed by atoms with Gasteiger partial charge in [0, 0.05) is 13.0 Å². The number of aliphatic hydroxyl groups excluding tert-OH is 1. The Morgan fingerprint density at radius 1 is 0.679 bits per heavy atom. The number of rotatable bonds is 38. The van der Waals surface area contributed by atoms with E-state index in [9.17, 15) is 19.4 Å². The predicted molar refractivity (Wildman–Crippen MR) is 220 cm³/mol. The van der Waals surface area contributed by atoms with Crippen LogP contribution in [0.1, 0.15) is 155 Å². The Bertz CT molecular complexity index is 1050. The molecule has 10 heteroatoms. The van der Waals surface area contributed by atoms with Crippen LogP contribution in [0.3, 0.4) is 0 Å². The molecule has 0 aliphatic carbocycles. The van der Waals surface area contributed by atoms with Crippen LogP contribution in [0.5, 0.6) is 0 Å². The highest BCUT2D eigenvalue weighted by molar-refractivity contribution is 7.47. The maximum absolute atomic E-state index is 12.4. The number of nitrogens with two attached hydrogens (primary N) is 1. The maximum Gasteiger partial charge on any atom is 0.472 e. The van der Waals surface area contributed by atoms with E-state index in [1.54, 1.807) is 6.08 Å². The van der Waals surface area contributed by atoms with E-state index in [2.05, 4.69) is 44.2 Å². The van der Waals surface area contributed by atoms with E-state index in [0.29, 0.717) is 19.3 Å². The second-order valence-electron chi connectivity index (χ2n) is 13.4. The van der Waals surface area contributed by atoms with Crippen LogP contribution in [0.25, 0.3) is 0 Å². The average molecular weight is 766 g/mol. The quantitative estimate of drug-likeness (QED) is 0.0140. The van der Waals surface area contributed by atoms with Gasteiger partial charge in [0.05, 0.1) is 25.6 Å². The Morgan fingerprint density at radius 2 is 1.25 bits per heavy atom. The molecule has 306 valence electrons. The lowest BCUT2D eigenvalue weighted by molar-refractivity contribution is -0.147. The van der Waals surface area contributed by atoms with Gasteiger partial charge in [0.15, 0.2) is 6.10 Å². The van der Waals surface area contributed by atoms with Gasteiger partial charge in [-0.3, -0.25) is 13.8 Å². The molecule has 3 atom stereocenters. The fourth-order valence-corrected chi connectivity index (χ4v) is 5.87. The number of hydrogen-bond donors (Lipinski definition) is 3. The fraction of sp³-hybridized carbons (Fsp3) is 0.698. The lowest BCUT2D eigenvalue weighted by Gasteiger charge is -2.19. The zero-order valence-corrected chi connectivity index (χ0v) is 34.2. The fourth-order valence-electron chi connectivity index (χ4n) is 5.10. The number of aliphatic hydroxyl groups is 1. The Balaban J connectivity index is 4.33. The second kappa shape index (κ2) is 39.4. The Hall–Kier alpha value is -2.26. The Morgan fingerprint density at radius 3 is 1.92 bits per heavy atom. The van der Waals surface area contributed by atoms with Crippen LogP contribution in [0.4, 0.5) is 0 Å². The second-order valence-corrected chi connectivity index (χ2v) is 14.9. The highest BCUT2D eigenvalue weighted by atomic mass is 31.2. The minimum absolute atomic E-state index is 0.0761. The predicted octanol–water partition coefficient (Wildman–Crippen LogP) is 11.3. The van der Waals surface area contributed by atoms with Crippen LogP contribution < -0.4 is 5.73 Å². The molecular formula is C43H76NO8P. The van der Waals surface area contributed by atoms with Crippen molar-refractivity contribution < 1.29 is 37.9 Å². The number of hydrogen-bond acceptors (Lipinski definition) is 8. The van der Waals surface area contributed by atoms with Crippen molar-refractivity contribution in [2.75, 3.05) is 26.4 Å². The molecule has 0 rings (SSSR count). The van der Waals surface area contributed by atoms with E-state index >= 15 is 0 Å². The number of ether oxygens (including phenoxy) is 2. The van der Waals surface area contributed by atoms with Crippen molar-refractivity contribution in [2.24, 2.45) is 5.73 Å². The van der Waals surface area contributed by atoms with Gasteiger partial charge < -0.3 is 25.2 Å². The van der Waals surface area contributed by atoms with Crippen molar-refractivity contribution in [3.63, 3.8) is 0 Å². The average Bonchev–Trinajstić information content (AvgIpc) is 3.14. The minimum atomic E-state index is -4.30. The third kappa shape index (κ3) is 39.3. The van der Waals surface area contributed by atoms with E-state index in [0.717, 1.165) is 38.5 Å². The third-order valence-corrected chi connectivity index (χ3v) is 9.25. The van der Waals surface area contributed by atoms with Gasteiger partial charge in [0.25, 0.3) is 0 Å². The first-order valence-electron chi connectivity index (χ1n) is 20.6. The molecular weight excluding hydrogens is 689 g/mol. The van der Waals surface area contributed by atoms with Crippen LogP contribution in [0.2, 0.25) is 0 Å². The zero-order chi connectivity index (χ0) is 38.9. The molecule has 0 bridgehead atoms. The summed E-state index contributed by atoms with van der Waals surface area (Å²) in [6.07, 6.45) is 46.2. The number of unbranched alkanes of at least 4 members (excludes halogenated alkanes) is 15. The van der Waals surface area contributed by atoms with E-state index in [1.807, 2.05) is 30.4 Å².